The van der Waals surface area contributed by atoms with Crippen molar-refractivity contribution < 1.29 is 33.1 Å². The van der Waals surface area contributed by atoms with Gasteiger partial charge in [-0.1, -0.05) is 13.0 Å². The molecule has 11 heteroatoms. The summed E-state index contributed by atoms with van der Waals surface area (Å²) in [6.45, 7) is 9.45. The second-order valence-corrected chi connectivity index (χ2v) is 16.0. The number of nitrogens with one attached hydrogen (secondary N) is 1. The Labute approximate surface area is 252 Å². The van der Waals surface area contributed by atoms with Crippen LogP contribution in [0.4, 0.5) is 15.5 Å². The number of ether oxygens (including phenoxy) is 2. The average molecular weight is 610 g/mol. The van der Waals surface area contributed by atoms with Gasteiger partial charge in [-0.2, -0.15) is 0 Å². The highest BCUT2D eigenvalue weighted by atomic mass is 28.4. The molecule has 0 bridgehead atoms. The van der Waals surface area contributed by atoms with Crippen molar-refractivity contribution in [3.05, 3.63) is 66.2 Å². The first-order chi connectivity index (χ1) is 20.5. The highest BCUT2D eigenvalue weighted by Crippen LogP contribution is 2.60. The Balaban J connectivity index is 1.51. The van der Waals surface area contributed by atoms with Gasteiger partial charge in [-0.15, -0.1) is 6.58 Å². The SMILES string of the molecule is C=CCN1C(=O)[C@@]2(O[C@@H](CC(=O)N3CCC[C@H]3CO)[C@H]([Si](C)(C)F)[C@H]2C)c2cc(NC(=O)c3ccc(OC)cc3)ccc21. The summed E-state index contributed by atoms with van der Waals surface area (Å²) in [7, 11) is -1.92. The Bertz CT molecular complexity index is 1410. The Morgan fingerprint density at radius 3 is 2.60 bits per heavy atom. The number of amides is 3. The zero-order valence-electron chi connectivity index (χ0n) is 25.1. The quantitative estimate of drug-likeness (QED) is 0.244. The topological polar surface area (TPSA) is 108 Å². The molecular weight excluding hydrogens is 569 g/mol. The number of methoxy groups -OCH3 is 1. The molecule has 1 spiro atoms. The first-order valence-corrected chi connectivity index (χ1v) is 17.7. The van der Waals surface area contributed by atoms with E-state index in [-0.39, 0.29) is 43.3 Å². The molecular formula is C32H40FN3O6Si. The molecule has 3 aliphatic heterocycles. The number of halogens is 1. The van der Waals surface area contributed by atoms with Gasteiger partial charge >= 0.3 is 0 Å². The molecule has 2 saturated heterocycles. The smallest absolute Gasteiger partial charge is 0.264 e. The molecule has 2 aromatic rings. The Morgan fingerprint density at radius 2 is 1.98 bits per heavy atom. The molecule has 2 fully saturated rings. The van der Waals surface area contributed by atoms with E-state index >= 15 is 4.11 Å². The number of anilines is 2. The lowest BCUT2D eigenvalue weighted by atomic mass is 9.82. The van der Waals surface area contributed by atoms with Gasteiger partial charge < -0.3 is 33.8 Å². The minimum atomic E-state index is -3.47. The lowest BCUT2D eigenvalue weighted by Gasteiger charge is -2.31. The van der Waals surface area contributed by atoms with Gasteiger partial charge in [0.25, 0.3) is 11.8 Å². The number of carbonyl (C=O) groups excluding carboxylic acids is 3. The van der Waals surface area contributed by atoms with Crippen molar-refractivity contribution >= 4 is 37.5 Å². The lowest BCUT2D eigenvalue weighted by molar-refractivity contribution is -0.149. The van der Waals surface area contributed by atoms with Crippen LogP contribution in [-0.2, 0) is 19.9 Å². The van der Waals surface area contributed by atoms with E-state index in [1.54, 1.807) is 78.5 Å². The van der Waals surface area contributed by atoms with Gasteiger partial charge in [0.05, 0.1) is 38.0 Å². The van der Waals surface area contributed by atoms with Crippen molar-refractivity contribution in [2.75, 3.05) is 37.0 Å². The molecule has 5 rings (SSSR count). The number of aliphatic hydroxyl groups is 1. The molecule has 3 aliphatic rings. The summed E-state index contributed by atoms with van der Waals surface area (Å²) in [5.41, 5.74) is -0.164. The number of fused-ring (bicyclic) bond motifs is 2. The fourth-order valence-electron chi connectivity index (χ4n) is 7.22. The largest absolute Gasteiger partial charge is 0.497 e. The van der Waals surface area contributed by atoms with Crippen LogP contribution in [0.25, 0.3) is 0 Å². The third kappa shape index (κ3) is 5.38. The number of nitrogens with zero attached hydrogens (tertiary/aromatic N) is 2. The maximum Gasteiger partial charge on any atom is 0.264 e. The van der Waals surface area contributed by atoms with Gasteiger partial charge in [0, 0.05) is 41.4 Å². The molecule has 43 heavy (non-hydrogen) atoms. The molecule has 0 unspecified atom stereocenters. The highest BCUT2D eigenvalue weighted by molar-refractivity contribution is 6.72. The number of carbonyl (C=O) groups is 3. The summed E-state index contributed by atoms with van der Waals surface area (Å²) in [5, 5.41) is 12.7. The minimum absolute atomic E-state index is 0.0778. The summed E-state index contributed by atoms with van der Waals surface area (Å²) < 4.78 is 28.0. The van der Waals surface area contributed by atoms with Gasteiger partial charge in [0.2, 0.25) is 14.3 Å². The van der Waals surface area contributed by atoms with Gasteiger partial charge in [-0.25, -0.2) is 0 Å². The van der Waals surface area contributed by atoms with Crippen molar-refractivity contribution in [2.24, 2.45) is 5.92 Å². The van der Waals surface area contributed by atoms with E-state index in [0.717, 1.165) is 6.42 Å². The third-order valence-electron chi connectivity index (χ3n) is 9.17. The van der Waals surface area contributed by atoms with E-state index in [4.69, 9.17) is 9.47 Å². The van der Waals surface area contributed by atoms with Gasteiger partial charge in [-0.3, -0.25) is 14.4 Å². The van der Waals surface area contributed by atoms with Crippen LogP contribution in [0.3, 0.4) is 0 Å². The molecule has 0 aromatic heterocycles. The van der Waals surface area contributed by atoms with E-state index in [2.05, 4.69) is 11.9 Å². The van der Waals surface area contributed by atoms with Crippen molar-refractivity contribution in [1.29, 1.82) is 0 Å². The number of rotatable bonds is 9. The predicted octanol–water partition coefficient (Wildman–Crippen LogP) is 4.63. The van der Waals surface area contributed by atoms with Crippen molar-refractivity contribution in [3.8, 4) is 5.75 Å². The van der Waals surface area contributed by atoms with Crippen LogP contribution < -0.4 is 15.0 Å². The zero-order valence-corrected chi connectivity index (χ0v) is 26.1. The Kier molecular flexibility index (Phi) is 8.52. The molecule has 3 amide bonds. The molecule has 0 saturated carbocycles. The lowest BCUT2D eigenvalue weighted by Crippen LogP contribution is -2.45. The maximum atomic E-state index is 16.1. The van der Waals surface area contributed by atoms with Crippen LogP contribution >= 0.6 is 0 Å². The highest BCUT2D eigenvalue weighted by Gasteiger charge is 2.67. The molecule has 0 radical (unpaired) electrons. The van der Waals surface area contributed by atoms with E-state index in [1.165, 1.54) is 0 Å². The van der Waals surface area contributed by atoms with E-state index in [0.29, 0.717) is 41.2 Å². The molecule has 0 aliphatic carbocycles. The van der Waals surface area contributed by atoms with E-state index in [1.807, 2.05) is 6.92 Å². The molecule has 9 nitrogen and oxygen atoms in total. The van der Waals surface area contributed by atoms with Crippen LogP contribution in [0.2, 0.25) is 18.6 Å². The summed E-state index contributed by atoms with van der Waals surface area (Å²) in [5.74, 6) is -0.836. The van der Waals surface area contributed by atoms with Gasteiger partial charge in [0.1, 0.15) is 5.75 Å². The number of likely N-dealkylation sites (tertiary alicyclic amines) is 1. The fraction of sp³-hybridized carbons (Fsp3) is 0.469. The number of hydrogen-bond acceptors (Lipinski definition) is 6. The standard InChI is InChI=1S/C32H40FN3O6Si/c1-6-15-36-26-14-11-22(34-30(39)21-9-12-24(41-3)13-10-21)17-25(26)32(31(36)40)20(2)29(43(4,5)33)27(42-32)18-28(38)35-16-7-8-23(35)19-37/h6,9-14,17,20,23,27,29,37H,1,7-8,15-16,18-19H2,2-5H3,(H,34,39)/t20-,23+,27+,29-,32+/m1/s1. The van der Waals surface area contributed by atoms with Crippen LogP contribution in [-0.4, -0.2) is 75.1 Å². The van der Waals surface area contributed by atoms with Crippen LogP contribution in [0.15, 0.2) is 55.1 Å². The zero-order chi connectivity index (χ0) is 31.1. The first-order valence-electron chi connectivity index (χ1n) is 14.8. The third-order valence-corrected chi connectivity index (χ3v) is 11.6. The average Bonchev–Trinajstić information content (AvgIpc) is 3.63. The molecule has 5 atom stereocenters. The summed E-state index contributed by atoms with van der Waals surface area (Å²) in [6, 6.07) is 11.6. The maximum absolute atomic E-state index is 16.1. The number of benzene rings is 2. The number of aliphatic hydroxyl groups excluding tert-OH is 1. The van der Waals surface area contributed by atoms with E-state index in [9.17, 15) is 19.5 Å². The van der Waals surface area contributed by atoms with Gasteiger partial charge in [-0.05, 0) is 68.4 Å². The van der Waals surface area contributed by atoms with Gasteiger partial charge in [0.15, 0.2) is 5.60 Å². The van der Waals surface area contributed by atoms with E-state index < -0.39 is 31.6 Å². The summed E-state index contributed by atoms with van der Waals surface area (Å²) in [4.78, 5) is 44.0. The second-order valence-electron chi connectivity index (χ2n) is 12.2. The summed E-state index contributed by atoms with van der Waals surface area (Å²) >= 11 is 0. The summed E-state index contributed by atoms with van der Waals surface area (Å²) in [6.07, 6.45) is 2.23. The fourth-order valence-corrected chi connectivity index (χ4v) is 9.72. The monoisotopic (exact) mass is 609 g/mol. The molecule has 3 heterocycles. The predicted molar refractivity (Wildman–Crippen MR) is 164 cm³/mol. The van der Waals surface area contributed by atoms with Crippen molar-refractivity contribution in [2.45, 2.75) is 62.6 Å². The van der Waals surface area contributed by atoms with Crippen LogP contribution in [0.5, 0.6) is 5.75 Å². The Morgan fingerprint density at radius 1 is 1.26 bits per heavy atom. The number of hydrogen-bond donors (Lipinski definition) is 2. The van der Waals surface area contributed by atoms with Crippen LogP contribution in [0.1, 0.15) is 42.1 Å². The van der Waals surface area contributed by atoms with Crippen molar-refractivity contribution in [1.82, 2.24) is 4.90 Å². The molecule has 2 N–H and O–H groups in total. The van der Waals surface area contributed by atoms with Crippen molar-refractivity contribution in [3.63, 3.8) is 0 Å². The molecule has 230 valence electrons. The Hall–Kier alpha value is -3.54. The minimum Gasteiger partial charge on any atom is -0.497 e. The normalized spacial score (nSPS) is 26.6. The first kappa shape index (κ1) is 30.9. The van der Waals surface area contributed by atoms with Crippen LogP contribution in [0, 0.1) is 5.92 Å². The molecule has 2 aromatic carbocycles. The second kappa shape index (κ2) is 11.9.